The van der Waals surface area contributed by atoms with Gasteiger partial charge in [-0.1, -0.05) is 284 Å². The Morgan fingerprint density at radius 3 is 0.870 bits per heavy atom. The van der Waals surface area contributed by atoms with Gasteiger partial charge in [-0.2, -0.15) is 0 Å². The van der Waals surface area contributed by atoms with E-state index in [0.29, 0.717) is 12.8 Å². The molecule has 6 heteroatoms. The third-order valence-corrected chi connectivity index (χ3v) is 13.8. The van der Waals surface area contributed by atoms with Crippen LogP contribution in [-0.2, 0) is 28.6 Å². The van der Waals surface area contributed by atoms with Gasteiger partial charge in [0.1, 0.15) is 13.2 Å². The number of esters is 3. The van der Waals surface area contributed by atoms with Crippen molar-refractivity contribution in [2.75, 3.05) is 13.2 Å². The molecule has 0 bridgehead atoms. The lowest BCUT2D eigenvalue weighted by Crippen LogP contribution is -2.30. The van der Waals surface area contributed by atoms with Crippen LogP contribution in [0.1, 0.15) is 303 Å². The third kappa shape index (κ3) is 62.8. The third-order valence-electron chi connectivity index (χ3n) is 13.8. The number of hydrogen-bond acceptors (Lipinski definition) is 6. The molecule has 1 unspecified atom stereocenters. The van der Waals surface area contributed by atoms with Crippen molar-refractivity contribution in [2.24, 2.45) is 0 Å². The van der Waals surface area contributed by atoms with Crippen molar-refractivity contribution >= 4 is 17.9 Å². The van der Waals surface area contributed by atoms with E-state index in [2.05, 4.69) is 118 Å². The summed E-state index contributed by atoms with van der Waals surface area (Å²) in [6, 6.07) is 0. The summed E-state index contributed by atoms with van der Waals surface area (Å²) in [5.41, 5.74) is 0. The van der Waals surface area contributed by atoms with E-state index in [9.17, 15) is 14.4 Å². The van der Waals surface area contributed by atoms with Gasteiger partial charge in [-0.25, -0.2) is 0 Å². The zero-order valence-corrected chi connectivity index (χ0v) is 50.4. The summed E-state index contributed by atoms with van der Waals surface area (Å²) in [5.74, 6) is -1.05. The maximum atomic E-state index is 12.8. The Labute approximate surface area is 476 Å². The van der Waals surface area contributed by atoms with Crippen molar-refractivity contribution in [1.29, 1.82) is 0 Å². The molecule has 0 aromatic rings. The molecule has 0 N–H and O–H groups in total. The maximum Gasteiger partial charge on any atom is 0.310 e. The molecule has 0 fully saturated rings. The lowest BCUT2D eigenvalue weighted by molar-refractivity contribution is -0.166. The van der Waals surface area contributed by atoms with Crippen LogP contribution in [0.5, 0.6) is 0 Å². The minimum atomic E-state index is -0.838. The number of ether oxygens (including phenoxy) is 3. The highest BCUT2D eigenvalue weighted by atomic mass is 16.6. The quantitative estimate of drug-likeness (QED) is 0.0261. The van der Waals surface area contributed by atoms with Crippen molar-refractivity contribution in [3.05, 3.63) is 109 Å². The van der Waals surface area contributed by atoms with Crippen LogP contribution < -0.4 is 0 Å². The summed E-state index contributed by atoms with van der Waals surface area (Å²) in [7, 11) is 0. The van der Waals surface area contributed by atoms with Gasteiger partial charge in [-0.3, -0.25) is 14.4 Å². The van der Waals surface area contributed by atoms with Crippen molar-refractivity contribution in [3.63, 3.8) is 0 Å². The number of carbonyl (C=O) groups is 3. The smallest absolute Gasteiger partial charge is 0.310 e. The molecule has 0 radical (unpaired) electrons. The molecule has 440 valence electrons. The summed E-state index contributed by atoms with van der Waals surface area (Å²) in [4.78, 5) is 38.2. The zero-order valence-electron chi connectivity index (χ0n) is 50.4. The molecule has 0 aromatic carbocycles. The Bertz CT molecular complexity index is 1560. The molecule has 77 heavy (non-hydrogen) atoms. The first-order valence-corrected chi connectivity index (χ1v) is 32.4. The van der Waals surface area contributed by atoms with Gasteiger partial charge in [-0.15, -0.1) is 0 Å². The van der Waals surface area contributed by atoms with Crippen molar-refractivity contribution < 1.29 is 28.6 Å². The highest BCUT2D eigenvalue weighted by Crippen LogP contribution is 2.16. The van der Waals surface area contributed by atoms with Crippen molar-refractivity contribution in [3.8, 4) is 0 Å². The molecule has 6 nitrogen and oxygen atoms in total. The van der Waals surface area contributed by atoms with Crippen LogP contribution in [0.3, 0.4) is 0 Å². The Kier molecular flexibility index (Phi) is 61.3. The molecule has 0 saturated heterocycles. The van der Waals surface area contributed by atoms with E-state index in [1.807, 2.05) is 6.08 Å². The fraction of sp³-hybridized carbons (Fsp3) is 0.704. The van der Waals surface area contributed by atoms with Gasteiger partial charge < -0.3 is 14.2 Å². The second kappa shape index (κ2) is 64.6. The van der Waals surface area contributed by atoms with Crippen LogP contribution in [-0.4, -0.2) is 37.2 Å². The van der Waals surface area contributed by atoms with Gasteiger partial charge in [0.25, 0.3) is 0 Å². The molecule has 0 aliphatic heterocycles. The second-order valence-corrected chi connectivity index (χ2v) is 21.3. The minimum absolute atomic E-state index is 0.0936. The molecule has 0 rings (SSSR count). The highest BCUT2D eigenvalue weighted by molar-refractivity contribution is 5.72. The maximum absolute atomic E-state index is 12.8. The lowest BCUT2D eigenvalue weighted by Gasteiger charge is -2.18. The summed E-state index contributed by atoms with van der Waals surface area (Å²) in [5, 5.41) is 0. The first-order valence-electron chi connectivity index (χ1n) is 32.4. The van der Waals surface area contributed by atoms with E-state index in [4.69, 9.17) is 14.2 Å². The van der Waals surface area contributed by atoms with Crippen LogP contribution >= 0.6 is 0 Å². The van der Waals surface area contributed by atoms with E-state index >= 15 is 0 Å². The molecule has 0 heterocycles. The van der Waals surface area contributed by atoms with E-state index in [-0.39, 0.29) is 31.6 Å². The predicted molar refractivity (Wildman–Crippen MR) is 334 cm³/mol. The Morgan fingerprint density at radius 2 is 0.545 bits per heavy atom. The van der Waals surface area contributed by atoms with Gasteiger partial charge in [0.05, 0.1) is 6.42 Å². The van der Waals surface area contributed by atoms with Gasteiger partial charge in [0, 0.05) is 12.8 Å². The van der Waals surface area contributed by atoms with Crippen LogP contribution in [0.4, 0.5) is 0 Å². The van der Waals surface area contributed by atoms with Crippen molar-refractivity contribution in [1.82, 2.24) is 0 Å². The summed E-state index contributed by atoms with van der Waals surface area (Å²) >= 11 is 0. The van der Waals surface area contributed by atoms with Gasteiger partial charge in [-0.05, 0) is 109 Å². The lowest BCUT2D eigenvalue weighted by atomic mass is 10.0. The average Bonchev–Trinajstić information content (AvgIpc) is 3.43. The Balaban J connectivity index is 4.32. The first-order chi connectivity index (χ1) is 38.0. The molecule has 1 atom stereocenters. The average molecular weight is 1070 g/mol. The molecule has 0 spiro atoms. The monoisotopic (exact) mass is 1070 g/mol. The molecule has 0 aliphatic carbocycles. The van der Waals surface area contributed by atoms with Crippen molar-refractivity contribution in [2.45, 2.75) is 309 Å². The van der Waals surface area contributed by atoms with E-state index < -0.39 is 12.1 Å². The van der Waals surface area contributed by atoms with Crippen LogP contribution in [0.25, 0.3) is 0 Å². The number of rotatable bonds is 58. The topological polar surface area (TPSA) is 78.9 Å². The number of allylic oxidation sites excluding steroid dienone is 17. The van der Waals surface area contributed by atoms with Gasteiger partial charge >= 0.3 is 17.9 Å². The second-order valence-electron chi connectivity index (χ2n) is 21.3. The highest BCUT2D eigenvalue weighted by Gasteiger charge is 2.19. The molecular formula is C71H120O6. The standard InChI is InChI=1S/C71H120O6/c1-4-7-10-13-16-19-22-25-28-29-30-31-32-33-34-35-36-37-38-39-40-41-44-46-49-52-55-58-61-64-70(73)76-67-68(77-71(74)65-62-59-56-53-50-47-43-27-24-21-18-15-12-9-6-3)66-75-69(72)63-60-57-54-51-48-45-42-26-23-20-17-14-11-8-5-2/h9,12,18,21-22,25-27,29-30,32-33,42-43,50,53,59,62,68H,4-8,10-11,13-17,19-20,23-24,28,31,34-41,44-49,51-52,54-58,60-61,63-67H2,1-3H3/b12-9-,21-18-,25-22-,30-29-,33-32-,42-26-,43-27-,53-50-,62-59-. The minimum Gasteiger partial charge on any atom is -0.462 e. The van der Waals surface area contributed by atoms with Crippen LogP contribution in [0.2, 0.25) is 0 Å². The fourth-order valence-electron chi connectivity index (χ4n) is 8.93. The molecule has 0 aliphatic rings. The van der Waals surface area contributed by atoms with Crippen LogP contribution in [0, 0.1) is 0 Å². The fourth-order valence-corrected chi connectivity index (χ4v) is 8.93. The SMILES string of the molecule is CC/C=C\C/C=C\C/C=C\C/C=C\C/C=C\CC(=O)OC(COC(=O)CCCCCCC/C=C\CCCCCCCC)COC(=O)CCCCCCCCCCCCCCCC/C=C\C/C=C\C/C=C\CCCCCCC. The van der Waals surface area contributed by atoms with E-state index in [1.165, 1.54) is 167 Å². The van der Waals surface area contributed by atoms with Gasteiger partial charge in [0.2, 0.25) is 0 Å². The number of hydrogen-bond donors (Lipinski definition) is 0. The Hall–Kier alpha value is -3.93. The molecular weight excluding hydrogens is 949 g/mol. The normalized spacial score (nSPS) is 12.8. The molecule has 0 amide bonds. The predicted octanol–water partition coefficient (Wildman–Crippen LogP) is 22.2. The Morgan fingerprint density at radius 1 is 0.286 bits per heavy atom. The largest absolute Gasteiger partial charge is 0.462 e. The zero-order chi connectivity index (χ0) is 55.7. The summed E-state index contributed by atoms with van der Waals surface area (Å²) < 4.78 is 16.8. The van der Waals surface area contributed by atoms with E-state index in [1.54, 1.807) is 6.08 Å². The van der Waals surface area contributed by atoms with E-state index in [0.717, 1.165) is 96.3 Å². The number of unbranched alkanes of at least 4 members (excludes halogenated alkanes) is 30. The molecule has 0 aromatic heterocycles. The summed E-state index contributed by atoms with van der Waals surface area (Å²) in [6.07, 6.45) is 88.5. The van der Waals surface area contributed by atoms with Crippen LogP contribution in [0.15, 0.2) is 109 Å². The number of carbonyl (C=O) groups excluding carboxylic acids is 3. The first kappa shape index (κ1) is 73.1. The molecule has 0 saturated carbocycles. The van der Waals surface area contributed by atoms with Gasteiger partial charge in [0.15, 0.2) is 6.10 Å². The summed E-state index contributed by atoms with van der Waals surface area (Å²) in [6.45, 7) is 6.44.